The van der Waals surface area contributed by atoms with Crippen molar-refractivity contribution in [2.24, 2.45) is 11.7 Å². The molecule has 2 nitrogen and oxygen atoms in total. The summed E-state index contributed by atoms with van der Waals surface area (Å²) < 4.78 is 0. The van der Waals surface area contributed by atoms with Crippen molar-refractivity contribution >= 4 is 5.78 Å². The minimum atomic E-state index is -0.265. The van der Waals surface area contributed by atoms with Gasteiger partial charge in [-0.3, -0.25) is 4.79 Å². The average molecular weight is 239 g/mol. The zero-order valence-corrected chi connectivity index (χ0v) is 10.4. The summed E-state index contributed by atoms with van der Waals surface area (Å²) in [5, 5.41) is 0. The molecule has 0 aromatic heterocycles. The van der Waals surface area contributed by atoms with E-state index >= 15 is 0 Å². The number of nitrogens with two attached hydrogens (primary N) is 1. The topological polar surface area (TPSA) is 43.1 Å². The van der Waals surface area contributed by atoms with Gasteiger partial charge in [0.25, 0.3) is 0 Å². The minimum absolute atomic E-state index is 0.0898. The second kappa shape index (κ2) is 5.61. The van der Waals surface area contributed by atoms with E-state index in [9.17, 15) is 4.79 Å². The van der Waals surface area contributed by atoms with E-state index in [0.29, 0.717) is 0 Å². The van der Waals surface area contributed by atoms with Crippen LogP contribution in [0.15, 0.2) is 60.7 Å². The summed E-state index contributed by atoms with van der Waals surface area (Å²) in [5.74, 6) is -0.137. The van der Waals surface area contributed by atoms with Gasteiger partial charge in [0.2, 0.25) is 0 Å². The molecule has 0 radical (unpaired) electrons. The number of rotatable bonds is 4. The highest BCUT2D eigenvalue weighted by molar-refractivity contribution is 5.98. The molecule has 2 aromatic rings. The number of hydrogen-bond donors (Lipinski definition) is 1. The van der Waals surface area contributed by atoms with E-state index in [-0.39, 0.29) is 17.7 Å². The van der Waals surface area contributed by atoms with Crippen LogP contribution in [0.25, 0.3) is 0 Å². The third kappa shape index (κ3) is 2.66. The molecule has 0 heterocycles. The Bertz CT molecular complexity index is 507. The highest BCUT2D eigenvalue weighted by atomic mass is 16.1. The van der Waals surface area contributed by atoms with E-state index in [1.807, 2.05) is 67.6 Å². The van der Waals surface area contributed by atoms with Crippen molar-refractivity contribution in [3.05, 3.63) is 71.8 Å². The van der Waals surface area contributed by atoms with Crippen LogP contribution >= 0.6 is 0 Å². The molecule has 0 aliphatic heterocycles. The minimum Gasteiger partial charge on any atom is -0.323 e. The largest absolute Gasteiger partial charge is 0.323 e. The average Bonchev–Trinajstić information content (AvgIpc) is 2.47. The molecule has 0 bridgehead atoms. The third-order valence-electron chi connectivity index (χ3n) is 3.20. The standard InChI is InChI=1S/C16H17NO/c1-12(15(17)13-8-4-2-5-9-13)16(18)14-10-6-3-7-11-14/h2-12,15H,17H2,1H3/t12-,15+/m0/s1. The van der Waals surface area contributed by atoms with Gasteiger partial charge in [-0.15, -0.1) is 0 Å². The van der Waals surface area contributed by atoms with E-state index < -0.39 is 0 Å². The molecule has 2 rings (SSSR count). The van der Waals surface area contributed by atoms with Crippen molar-refractivity contribution in [1.29, 1.82) is 0 Å². The van der Waals surface area contributed by atoms with Crippen molar-refractivity contribution in [3.8, 4) is 0 Å². The zero-order valence-electron chi connectivity index (χ0n) is 10.4. The van der Waals surface area contributed by atoms with Crippen LogP contribution < -0.4 is 5.73 Å². The first-order valence-corrected chi connectivity index (χ1v) is 6.10. The predicted octanol–water partition coefficient (Wildman–Crippen LogP) is 3.21. The van der Waals surface area contributed by atoms with Gasteiger partial charge in [0, 0.05) is 17.5 Å². The molecule has 0 saturated heterocycles. The smallest absolute Gasteiger partial charge is 0.167 e. The third-order valence-corrected chi connectivity index (χ3v) is 3.20. The van der Waals surface area contributed by atoms with Crippen LogP contribution in [0.1, 0.15) is 28.9 Å². The monoisotopic (exact) mass is 239 g/mol. The molecule has 2 atom stereocenters. The molecule has 0 aliphatic carbocycles. The molecule has 0 spiro atoms. The number of ketones is 1. The Morgan fingerprint density at radius 2 is 1.44 bits per heavy atom. The molecule has 18 heavy (non-hydrogen) atoms. The molecular weight excluding hydrogens is 222 g/mol. The highest BCUT2D eigenvalue weighted by Gasteiger charge is 2.22. The number of carbonyl (C=O) groups excluding carboxylic acids is 1. The first kappa shape index (κ1) is 12.5. The lowest BCUT2D eigenvalue weighted by Gasteiger charge is -2.19. The summed E-state index contributed by atoms with van der Waals surface area (Å²) in [5.41, 5.74) is 7.87. The SMILES string of the molecule is C[C@H](C(=O)c1ccccc1)[C@@H](N)c1ccccc1. The molecule has 2 N–H and O–H groups in total. The van der Waals surface area contributed by atoms with E-state index in [1.165, 1.54) is 0 Å². The van der Waals surface area contributed by atoms with Crippen molar-refractivity contribution in [3.63, 3.8) is 0 Å². The van der Waals surface area contributed by atoms with Crippen molar-refractivity contribution in [2.45, 2.75) is 13.0 Å². The summed E-state index contributed by atoms with van der Waals surface area (Å²) in [4.78, 5) is 12.3. The van der Waals surface area contributed by atoms with Crippen LogP contribution in [0.3, 0.4) is 0 Å². The van der Waals surface area contributed by atoms with Crippen molar-refractivity contribution in [2.75, 3.05) is 0 Å². The number of benzene rings is 2. The van der Waals surface area contributed by atoms with Gasteiger partial charge in [-0.1, -0.05) is 67.6 Å². The van der Waals surface area contributed by atoms with E-state index in [1.54, 1.807) is 0 Å². The van der Waals surface area contributed by atoms with Gasteiger partial charge in [-0.05, 0) is 5.56 Å². The van der Waals surface area contributed by atoms with E-state index in [2.05, 4.69) is 0 Å². The Hall–Kier alpha value is -1.93. The van der Waals surface area contributed by atoms with Crippen LogP contribution in [0.5, 0.6) is 0 Å². The van der Waals surface area contributed by atoms with Gasteiger partial charge in [0.1, 0.15) is 0 Å². The zero-order chi connectivity index (χ0) is 13.0. The maximum Gasteiger partial charge on any atom is 0.167 e. The normalized spacial score (nSPS) is 13.9. The first-order valence-electron chi connectivity index (χ1n) is 6.10. The molecule has 0 unspecified atom stereocenters. The molecular formula is C16H17NO. The Morgan fingerprint density at radius 1 is 0.944 bits per heavy atom. The first-order chi connectivity index (χ1) is 8.70. The molecule has 2 heteroatoms. The highest BCUT2D eigenvalue weighted by Crippen LogP contribution is 2.22. The van der Waals surface area contributed by atoms with Gasteiger partial charge in [-0.2, -0.15) is 0 Å². The molecule has 0 aliphatic rings. The second-order valence-electron chi connectivity index (χ2n) is 4.46. The maximum atomic E-state index is 12.3. The quantitative estimate of drug-likeness (QED) is 0.832. The lowest BCUT2D eigenvalue weighted by molar-refractivity contribution is 0.0913. The number of Topliss-reactive ketones (excluding diaryl/α,β-unsaturated/α-hetero) is 1. The Kier molecular flexibility index (Phi) is 3.90. The fraction of sp³-hybridized carbons (Fsp3) is 0.188. The van der Waals surface area contributed by atoms with Crippen LogP contribution in [0.2, 0.25) is 0 Å². The van der Waals surface area contributed by atoms with Crippen molar-refractivity contribution < 1.29 is 4.79 Å². The number of hydrogen-bond acceptors (Lipinski definition) is 2. The summed E-state index contributed by atoms with van der Waals surface area (Å²) in [6.07, 6.45) is 0. The predicted molar refractivity (Wildman–Crippen MR) is 73.3 cm³/mol. The second-order valence-corrected chi connectivity index (χ2v) is 4.46. The molecule has 92 valence electrons. The molecule has 0 fully saturated rings. The Morgan fingerprint density at radius 3 is 2.00 bits per heavy atom. The fourth-order valence-corrected chi connectivity index (χ4v) is 1.99. The van der Waals surface area contributed by atoms with E-state index in [4.69, 9.17) is 5.73 Å². The Balaban J connectivity index is 2.17. The van der Waals surface area contributed by atoms with E-state index in [0.717, 1.165) is 11.1 Å². The summed E-state index contributed by atoms with van der Waals surface area (Å²) >= 11 is 0. The van der Waals surface area contributed by atoms with Crippen molar-refractivity contribution in [1.82, 2.24) is 0 Å². The van der Waals surface area contributed by atoms with Crippen LogP contribution in [0, 0.1) is 5.92 Å². The maximum absolute atomic E-state index is 12.3. The summed E-state index contributed by atoms with van der Waals surface area (Å²) in [6, 6.07) is 18.8. The van der Waals surface area contributed by atoms with Gasteiger partial charge >= 0.3 is 0 Å². The fourth-order valence-electron chi connectivity index (χ4n) is 1.99. The molecule has 0 saturated carbocycles. The van der Waals surface area contributed by atoms with Crippen LogP contribution in [0.4, 0.5) is 0 Å². The Labute approximate surface area is 107 Å². The molecule has 0 amide bonds. The lowest BCUT2D eigenvalue weighted by atomic mass is 9.89. The molecule has 2 aromatic carbocycles. The number of carbonyl (C=O) groups is 1. The lowest BCUT2D eigenvalue weighted by Crippen LogP contribution is -2.26. The van der Waals surface area contributed by atoms with Crippen LogP contribution in [-0.4, -0.2) is 5.78 Å². The summed E-state index contributed by atoms with van der Waals surface area (Å²) in [6.45, 7) is 1.88. The van der Waals surface area contributed by atoms with Gasteiger partial charge in [0.15, 0.2) is 5.78 Å². The summed E-state index contributed by atoms with van der Waals surface area (Å²) in [7, 11) is 0. The van der Waals surface area contributed by atoms with Crippen LogP contribution in [-0.2, 0) is 0 Å². The van der Waals surface area contributed by atoms with Gasteiger partial charge in [0.05, 0.1) is 0 Å². The van der Waals surface area contributed by atoms with Gasteiger partial charge in [-0.25, -0.2) is 0 Å². The van der Waals surface area contributed by atoms with Gasteiger partial charge < -0.3 is 5.73 Å².